The molecule has 0 radical (unpaired) electrons. The number of nitrogens with one attached hydrogen (secondary N) is 1. The van der Waals surface area contributed by atoms with Gasteiger partial charge in [-0.05, 0) is 12.5 Å². The molecule has 0 unspecified atom stereocenters. The zero-order chi connectivity index (χ0) is 16.4. The van der Waals surface area contributed by atoms with Gasteiger partial charge in [0.2, 0.25) is 10.0 Å². The van der Waals surface area contributed by atoms with Crippen molar-refractivity contribution in [3.8, 4) is 0 Å². The van der Waals surface area contributed by atoms with Crippen molar-refractivity contribution in [2.75, 3.05) is 19.8 Å². The van der Waals surface area contributed by atoms with Crippen LogP contribution < -0.4 is 0 Å². The van der Waals surface area contributed by atoms with Crippen LogP contribution in [0.25, 0.3) is 0 Å². The number of aromatic nitrogens is 3. The number of H-pyrrole nitrogens is 1. The summed E-state index contributed by atoms with van der Waals surface area (Å²) in [5, 5.41) is 6.80. The van der Waals surface area contributed by atoms with Crippen LogP contribution >= 0.6 is 0 Å². The summed E-state index contributed by atoms with van der Waals surface area (Å²) in [7, 11) is -3.49. The summed E-state index contributed by atoms with van der Waals surface area (Å²) in [4.78, 5) is 4.24. The summed E-state index contributed by atoms with van der Waals surface area (Å²) < 4.78 is 39.9. The van der Waals surface area contributed by atoms with Gasteiger partial charge in [0, 0.05) is 24.9 Å². The van der Waals surface area contributed by atoms with E-state index in [0.717, 1.165) is 5.56 Å². The second kappa shape index (κ2) is 6.37. The molecule has 0 aliphatic carbocycles. The molecule has 1 aliphatic rings. The number of halogens is 1. The average Bonchev–Trinajstić information content (AvgIpc) is 3.14. The van der Waals surface area contributed by atoms with Crippen LogP contribution in [0.4, 0.5) is 4.39 Å². The van der Waals surface area contributed by atoms with E-state index in [2.05, 4.69) is 15.2 Å². The number of alkyl halides is 1. The van der Waals surface area contributed by atoms with Crippen molar-refractivity contribution in [1.82, 2.24) is 19.5 Å². The van der Waals surface area contributed by atoms with Gasteiger partial charge in [-0.15, -0.1) is 0 Å². The van der Waals surface area contributed by atoms with Gasteiger partial charge in [-0.3, -0.25) is 9.49 Å². The van der Waals surface area contributed by atoms with E-state index in [0.29, 0.717) is 11.6 Å². The molecule has 8 heteroatoms. The predicted molar refractivity (Wildman–Crippen MR) is 84.0 cm³/mol. The lowest BCUT2D eigenvalue weighted by Crippen LogP contribution is -2.30. The molecule has 1 aliphatic heterocycles. The number of rotatable bonds is 5. The van der Waals surface area contributed by atoms with Crippen LogP contribution in [-0.2, 0) is 15.8 Å². The number of sulfonamides is 1. The zero-order valence-electron chi connectivity index (χ0n) is 12.8. The van der Waals surface area contributed by atoms with Gasteiger partial charge in [0.05, 0.1) is 12.4 Å². The third kappa shape index (κ3) is 3.42. The van der Waals surface area contributed by atoms with E-state index in [1.807, 2.05) is 6.07 Å². The number of nitrogens with zero attached hydrogens (tertiary/aromatic N) is 3. The van der Waals surface area contributed by atoms with Crippen LogP contribution in [0.3, 0.4) is 0 Å². The Morgan fingerprint density at radius 2 is 2.04 bits per heavy atom. The summed E-state index contributed by atoms with van der Waals surface area (Å²) >= 11 is 0. The van der Waals surface area contributed by atoms with Crippen LogP contribution in [0, 0.1) is 12.8 Å². The lowest BCUT2D eigenvalue weighted by Gasteiger charge is -2.16. The van der Waals surface area contributed by atoms with Gasteiger partial charge in [-0.2, -0.15) is 5.10 Å². The molecule has 1 saturated heterocycles. The Morgan fingerprint density at radius 1 is 1.30 bits per heavy atom. The minimum Gasteiger partial charge on any atom is -0.263 e. The zero-order valence-corrected chi connectivity index (χ0v) is 13.6. The molecule has 0 amide bonds. The Bertz CT molecular complexity index is 763. The third-order valence-corrected chi connectivity index (χ3v) is 5.92. The molecule has 1 aromatic heterocycles. The second-order valence-corrected chi connectivity index (χ2v) is 7.83. The van der Waals surface area contributed by atoms with Crippen molar-refractivity contribution in [2.45, 2.75) is 18.6 Å². The summed E-state index contributed by atoms with van der Waals surface area (Å²) in [5.41, 5.74) is 0.724. The highest BCUT2D eigenvalue weighted by Gasteiger charge is 2.41. The first-order chi connectivity index (χ1) is 11.0. The smallest absolute Gasteiger partial charge is 0.218 e. The molecule has 23 heavy (non-hydrogen) atoms. The van der Waals surface area contributed by atoms with Crippen molar-refractivity contribution in [2.24, 2.45) is 5.92 Å². The van der Waals surface area contributed by atoms with Gasteiger partial charge in [0.25, 0.3) is 0 Å². The maximum atomic E-state index is 13.3. The van der Waals surface area contributed by atoms with Crippen molar-refractivity contribution in [1.29, 1.82) is 0 Å². The third-order valence-electron chi connectivity index (χ3n) is 4.14. The van der Waals surface area contributed by atoms with Crippen LogP contribution in [-0.4, -0.2) is 47.7 Å². The minimum atomic E-state index is -3.49. The largest absolute Gasteiger partial charge is 0.263 e. The Labute approximate surface area is 134 Å². The lowest BCUT2D eigenvalue weighted by molar-refractivity contribution is 0.346. The van der Waals surface area contributed by atoms with Crippen molar-refractivity contribution in [3.63, 3.8) is 0 Å². The van der Waals surface area contributed by atoms with Crippen molar-refractivity contribution in [3.05, 3.63) is 47.5 Å². The van der Waals surface area contributed by atoms with E-state index in [-0.39, 0.29) is 24.8 Å². The first-order valence-electron chi connectivity index (χ1n) is 7.46. The SMILES string of the molecule is Cc1nc([C@@H]2CN(S(=O)(=O)Cc3ccccc3)C[C@H]2CF)n[nH]1. The van der Waals surface area contributed by atoms with Crippen molar-refractivity contribution >= 4 is 10.0 Å². The molecule has 6 nitrogen and oxygen atoms in total. The molecule has 2 aromatic rings. The summed E-state index contributed by atoms with van der Waals surface area (Å²) in [5.74, 6) is 0.337. The molecule has 1 aromatic carbocycles. The molecule has 0 bridgehead atoms. The normalized spacial score (nSPS) is 22.5. The maximum Gasteiger partial charge on any atom is 0.218 e. The first-order valence-corrected chi connectivity index (χ1v) is 9.07. The molecule has 0 spiro atoms. The van der Waals surface area contributed by atoms with Crippen LogP contribution in [0.5, 0.6) is 0 Å². The summed E-state index contributed by atoms with van der Waals surface area (Å²) in [6.45, 7) is 1.57. The standard InChI is InChI=1S/C15H19FN4O2S/c1-11-17-15(19-18-11)14-9-20(8-13(14)7-16)23(21,22)10-12-5-3-2-4-6-12/h2-6,13-14H,7-10H2,1H3,(H,17,18,19)/t13-,14-/m1/s1. The number of benzene rings is 1. The predicted octanol–water partition coefficient (Wildman–Crippen LogP) is 1.63. The van der Waals surface area contributed by atoms with E-state index in [9.17, 15) is 12.8 Å². The van der Waals surface area contributed by atoms with Crippen LogP contribution in [0.1, 0.15) is 23.1 Å². The Morgan fingerprint density at radius 3 is 2.65 bits per heavy atom. The molecular weight excluding hydrogens is 319 g/mol. The summed E-state index contributed by atoms with van der Waals surface area (Å²) in [6, 6.07) is 9.00. The molecule has 2 atom stereocenters. The fraction of sp³-hybridized carbons (Fsp3) is 0.467. The quantitative estimate of drug-likeness (QED) is 0.899. The number of aromatic amines is 1. The minimum absolute atomic E-state index is 0.0768. The molecule has 2 heterocycles. The number of hydrogen-bond donors (Lipinski definition) is 1. The van der Waals surface area contributed by atoms with Crippen molar-refractivity contribution < 1.29 is 12.8 Å². The highest BCUT2D eigenvalue weighted by atomic mass is 32.2. The molecule has 1 fully saturated rings. The first kappa shape index (κ1) is 16.1. The van der Waals surface area contributed by atoms with Crippen LogP contribution in [0.15, 0.2) is 30.3 Å². The number of aryl methyl sites for hydroxylation is 1. The molecule has 3 rings (SSSR count). The van der Waals surface area contributed by atoms with Gasteiger partial charge < -0.3 is 0 Å². The highest BCUT2D eigenvalue weighted by molar-refractivity contribution is 7.88. The van der Waals surface area contributed by atoms with Gasteiger partial charge in [0.15, 0.2) is 5.82 Å². The van der Waals surface area contributed by atoms with Gasteiger partial charge in [-0.1, -0.05) is 30.3 Å². The Hall–Kier alpha value is -1.80. The molecule has 0 saturated carbocycles. The van der Waals surface area contributed by atoms with E-state index < -0.39 is 22.6 Å². The Balaban J connectivity index is 1.78. The Kier molecular flexibility index (Phi) is 4.45. The van der Waals surface area contributed by atoms with Gasteiger partial charge in [0.1, 0.15) is 5.82 Å². The van der Waals surface area contributed by atoms with Gasteiger partial charge >= 0.3 is 0 Å². The molecular formula is C15H19FN4O2S. The molecule has 124 valence electrons. The molecule has 1 N–H and O–H groups in total. The van der Waals surface area contributed by atoms with Crippen LogP contribution in [0.2, 0.25) is 0 Å². The van der Waals surface area contributed by atoms with E-state index in [4.69, 9.17) is 0 Å². The maximum absolute atomic E-state index is 13.3. The lowest BCUT2D eigenvalue weighted by atomic mass is 9.97. The van der Waals surface area contributed by atoms with E-state index in [1.54, 1.807) is 31.2 Å². The number of hydrogen-bond acceptors (Lipinski definition) is 4. The fourth-order valence-electron chi connectivity index (χ4n) is 2.91. The highest BCUT2D eigenvalue weighted by Crippen LogP contribution is 2.33. The fourth-order valence-corrected chi connectivity index (χ4v) is 4.51. The topological polar surface area (TPSA) is 79.0 Å². The van der Waals surface area contributed by atoms with Gasteiger partial charge in [-0.25, -0.2) is 17.7 Å². The second-order valence-electron chi connectivity index (χ2n) is 5.86. The monoisotopic (exact) mass is 338 g/mol. The average molecular weight is 338 g/mol. The van der Waals surface area contributed by atoms with E-state index >= 15 is 0 Å². The van der Waals surface area contributed by atoms with E-state index in [1.165, 1.54) is 4.31 Å². The summed E-state index contributed by atoms with van der Waals surface area (Å²) in [6.07, 6.45) is 0.